The second kappa shape index (κ2) is 2.41. The molecule has 4 heteroatoms. The molecular formula is C8H9N3O. The van der Waals surface area contributed by atoms with Crippen LogP contribution in [0.15, 0.2) is 22.8 Å². The standard InChI is InChI=1S/C8H9N3O/c1-5-7(9)8(11-10-5)6-3-2-4-12-6/h2-4H,9H2,1H3,(H,10,11). The third kappa shape index (κ3) is 0.887. The van der Waals surface area contributed by atoms with E-state index in [1.165, 1.54) is 0 Å². The van der Waals surface area contributed by atoms with Crippen molar-refractivity contribution >= 4 is 5.69 Å². The maximum Gasteiger partial charge on any atom is 0.156 e. The summed E-state index contributed by atoms with van der Waals surface area (Å²) < 4.78 is 5.15. The smallest absolute Gasteiger partial charge is 0.156 e. The van der Waals surface area contributed by atoms with E-state index in [0.29, 0.717) is 17.1 Å². The maximum atomic E-state index is 5.74. The van der Waals surface area contributed by atoms with Crippen LogP contribution in [0.2, 0.25) is 0 Å². The monoisotopic (exact) mass is 163 g/mol. The number of aromatic amines is 1. The average Bonchev–Trinajstić information content (AvgIpc) is 2.64. The van der Waals surface area contributed by atoms with Crippen LogP contribution in [0, 0.1) is 6.92 Å². The number of rotatable bonds is 1. The molecule has 2 rings (SSSR count). The molecule has 0 atom stereocenters. The molecule has 2 heterocycles. The Labute approximate surface area is 69.4 Å². The summed E-state index contributed by atoms with van der Waals surface area (Å²) in [6.07, 6.45) is 1.60. The Balaban J connectivity index is 2.55. The zero-order valence-corrected chi connectivity index (χ0v) is 6.66. The SMILES string of the molecule is Cc1[nH]nc(-c2ccco2)c1N. The summed E-state index contributed by atoms with van der Waals surface area (Å²) >= 11 is 0. The lowest BCUT2D eigenvalue weighted by molar-refractivity contribution is 0.580. The lowest BCUT2D eigenvalue weighted by Gasteiger charge is -1.91. The van der Waals surface area contributed by atoms with Gasteiger partial charge in [0.1, 0.15) is 0 Å². The third-order valence-electron chi connectivity index (χ3n) is 1.75. The highest BCUT2D eigenvalue weighted by atomic mass is 16.3. The molecule has 0 radical (unpaired) electrons. The summed E-state index contributed by atoms with van der Waals surface area (Å²) in [5, 5.41) is 6.80. The van der Waals surface area contributed by atoms with E-state index in [9.17, 15) is 0 Å². The number of hydrogen-bond donors (Lipinski definition) is 2. The molecule has 0 saturated carbocycles. The Bertz CT molecular complexity index is 375. The van der Waals surface area contributed by atoms with Gasteiger partial charge in [-0.2, -0.15) is 5.10 Å². The lowest BCUT2D eigenvalue weighted by Crippen LogP contribution is -1.87. The molecule has 3 N–H and O–H groups in total. The van der Waals surface area contributed by atoms with Crippen LogP contribution in [-0.4, -0.2) is 10.2 Å². The van der Waals surface area contributed by atoms with E-state index >= 15 is 0 Å². The molecular weight excluding hydrogens is 154 g/mol. The van der Waals surface area contributed by atoms with Crippen molar-refractivity contribution in [2.24, 2.45) is 0 Å². The second-order valence-electron chi connectivity index (χ2n) is 2.59. The Kier molecular flexibility index (Phi) is 1.40. The van der Waals surface area contributed by atoms with Gasteiger partial charge in [0.15, 0.2) is 11.5 Å². The summed E-state index contributed by atoms with van der Waals surface area (Å²) in [6, 6.07) is 3.63. The molecule has 0 amide bonds. The van der Waals surface area contributed by atoms with E-state index in [1.54, 1.807) is 12.3 Å². The van der Waals surface area contributed by atoms with Gasteiger partial charge < -0.3 is 10.2 Å². The van der Waals surface area contributed by atoms with Gasteiger partial charge in [-0.05, 0) is 19.1 Å². The molecule has 4 nitrogen and oxygen atoms in total. The summed E-state index contributed by atoms with van der Waals surface area (Å²) in [7, 11) is 0. The number of hydrogen-bond acceptors (Lipinski definition) is 3. The van der Waals surface area contributed by atoms with Crippen molar-refractivity contribution in [3.63, 3.8) is 0 Å². The summed E-state index contributed by atoms with van der Waals surface area (Å²) in [6.45, 7) is 1.87. The number of nitrogens with two attached hydrogens (primary N) is 1. The van der Waals surface area contributed by atoms with Crippen molar-refractivity contribution in [3.05, 3.63) is 24.1 Å². The molecule has 0 unspecified atom stereocenters. The predicted octanol–water partition coefficient (Wildman–Crippen LogP) is 1.56. The minimum Gasteiger partial charge on any atom is -0.463 e. The van der Waals surface area contributed by atoms with Gasteiger partial charge in [0.25, 0.3) is 0 Å². The molecule has 0 spiro atoms. The molecule has 12 heavy (non-hydrogen) atoms. The number of nitrogens with one attached hydrogen (secondary N) is 1. The highest BCUT2D eigenvalue weighted by molar-refractivity contribution is 5.70. The van der Waals surface area contributed by atoms with Crippen LogP contribution in [0.1, 0.15) is 5.69 Å². The molecule has 2 aromatic heterocycles. The van der Waals surface area contributed by atoms with Crippen LogP contribution in [0.25, 0.3) is 11.5 Å². The molecule has 0 aromatic carbocycles. The van der Waals surface area contributed by atoms with Crippen LogP contribution in [-0.2, 0) is 0 Å². The summed E-state index contributed by atoms with van der Waals surface area (Å²) in [5.74, 6) is 0.692. The first kappa shape index (κ1) is 6.97. The van der Waals surface area contributed by atoms with Crippen LogP contribution < -0.4 is 5.73 Å². The van der Waals surface area contributed by atoms with Gasteiger partial charge in [0.05, 0.1) is 17.6 Å². The van der Waals surface area contributed by atoms with Gasteiger partial charge >= 0.3 is 0 Å². The average molecular weight is 163 g/mol. The van der Waals surface area contributed by atoms with E-state index in [1.807, 2.05) is 13.0 Å². The van der Waals surface area contributed by atoms with E-state index in [-0.39, 0.29) is 0 Å². The predicted molar refractivity (Wildman–Crippen MR) is 45.4 cm³/mol. The zero-order chi connectivity index (χ0) is 8.55. The largest absolute Gasteiger partial charge is 0.463 e. The first-order valence-corrected chi connectivity index (χ1v) is 3.63. The molecule has 0 aliphatic heterocycles. The quantitative estimate of drug-likeness (QED) is 0.670. The molecule has 2 aromatic rings. The van der Waals surface area contributed by atoms with Crippen molar-refractivity contribution in [3.8, 4) is 11.5 Å². The molecule has 62 valence electrons. The van der Waals surface area contributed by atoms with Gasteiger partial charge in [-0.25, -0.2) is 0 Å². The van der Waals surface area contributed by atoms with Gasteiger partial charge in [-0.15, -0.1) is 0 Å². The normalized spacial score (nSPS) is 10.4. The number of anilines is 1. The van der Waals surface area contributed by atoms with Crippen LogP contribution in [0.4, 0.5) is 5.69 Å². The first-order valence-electron chi connectivity index (χ1n) is 3.63. The Hall–Kier alpha value is -1.71. The number of aryl methyl sites for hydroxylation is 1. The number of nitrogen functional groups attached to an aromatic ring is 1. The Morgan fingerprint density at radius 2 is 2.42 bits per heavy atom. The minimum absolute atomic E-state index is 0.643. The van der Waals surface area contributed by atoms with Crippen molar-refractivity contribution in [1.29, 1.82) is 0 Å². The zero-order valence-electron chi connectivity index (χ0n) is 6.66. The molecule has 0 aliphatic rings. The fourth-order valence-electron chi connectivity index (χ4n) is 1.04. The van der Waals surface area contributed by atoms with Crippen molar-refractivity contribution in [1.82, 2.24) is 10.2 Å². The number of nitrogens with zero attached hydrogens (tertiary/aromatic N) is 1. The summed E-state index contributed by atoms with van der Waals surface area (Å²) in [4.78, 5) is 0. The highest BCUT2D eigenvalue weighted by Crippen LogP contribution is 2.25. The topological polar surface area (TPSA) is 67.8 Å². The van der Waals surface area contributed by atoms with Gasteiger partial charge in [-0.1, -0.05) is 0 Å². The van der Waals surface area contributed by atoms with Crippen molar-refractivity contribution < 1.29 is 4.42 Å². The fourth-order valence-corrected chi connectivity index (χ4v) is 1.04. The number of furan rings is 1. The van der Waals surface area contributed by atoms with Crippen LogP contribution in [0.3, 0.4) is 0 Å². The van der Waals surface area contributed by atoms with E-state index in [0.717, 1.165) is 5.69 Å². The molecule has 0 saturated heterocycles. The fraction of sp³-hybridized carbons (Fsp3) is 0.125. The minimum atomic E-state index is 0.643. The molecule has 0 fully saturated rings. The molecule has 0 bridgehead atoms. The highest BCUT2D eigenvalue weighted by Gasteiger charge is 2.10. The Morgan fingerprint density at radius 1 is 1.58 bits per heavy atom. The third-order valence-corrected chi connectivity index (χ3v) is 1.75. The van der Waals surface area contributed by atoms with Crippen molar-refractivity contribution in [2.75, 3.05) is 5.73 Å². The van der Waals surface area contributed by atoms with Gasteiger partial charge in [-0.3, -0.25) is 5.10 Å². The number of H-pyrrole nitrogens is 1. The van der Waals surface area contributed by atoms with E-state index in [4.69, 9.17) is 10.2 Å². The first-order chi connectivity index (χ1) is 5.79. The second-order valence-corrected chi connectivity index (χ2v) is 2.59. The van der Waals surface area contributed by atoms with Crippen LogP contribution >= 0.6 is 0 Å². The number of aromatic nitrogens is 2. The molecule has 0 aliphatic carbocycles. The van der Waals surface area contributed by atoms with Crippen molar-refractivity contribution in [2.45, 2.75) is 6.92 Å². The summed E-state index contributed by atoms with van der Waals surface area (Å²) in [5.41, 5.74) is 7.92. The van der Waals surface area contributed by atoms with Gasteiger partial charge in [0.2, 0.25) is 0 Å². The maximum absolute atomic E-state index is 5.74. The Morgan fingerprint density at radius 3 is 2.92 bits per heavy atom. The van der Waals surface area contributed by atoms with Gasteiger partial charge in [0, 0.05) is 0 Å². The lowest BCUT2D eigenvalue weighted by atomic mass is 10.2. The van der Waals surface area contributed by atoms with E-state index in [2.05, 4.69) is 10.2 Å². The van der Waals surface area contributed by atoms with E-state index < -0.39 is 0 Å². The van der Waals surface area contributed by atoms with Crippen LogP contribution in [0.5, 0.6) is 0 Å².